The van der Waals surface area contributed by atoms with Crippen LogP contribution < -0.4 is 5.32 Å². The second-order valence-corrected chi connectivity index (χ2v) is 5.67. The summed E-state index contributed by atoms with van der Waals surface area (Å²) in [6.45, 7) is 0. The van der Waals surface area contributed by atoms with Crippen molar-refractivity contribution in [3.8, 4) is 0 Å². The van der Waals surface area contributed by atoms with E-state index in [0.717, 1.165) is 6.20 Å². The molecule has 0 unspecified atom stereocenters. The standard InChI is InChI=1S/C13H7BrCl2N2O3/c14-7-3-8(15)11(9(16)4-7)18-12(19)10-2-1-6(5-17-10)13(20)21/h1-5H,(H,18,19)(H,20,21). The van der Waals surface area contributed by atoms with E-state index in [-0.39, 0.29) is 27.0 Å². The van der Waals surface area contributed by atoms with E-state index in [0.29, 0.717) is 4.47 Å². The average molecular weight is 390 g/mol. The van der Waals surface area contributed by atoms with Gasteiger partial charge in [0.05, 0.1) is 21.3 Å². The molecule has 1 aromatic carbocycles. The van der Waals surface area contributed by atoms with Gasteiger partial charge in [-0.25, -0.2) is 4.79 Å². The molecular weight excluding hydrogens is 383 g/mol. The molecule has 0 saturated heterocycles. The molecule has 0 saturated carbocycles. The molecule has 0 aliphatic heterocycles. The van der Waals surface area contributed by atoms with Gasteiger partial charge < -0.3 is 10.4 Å². The normalized spacial score (nSPS) is 10.2. The fourth-order valence-electron chi connectivity index (χ4n) is 1.49. The fourth-order valence-corrected chi connectivity index (χ4v) is 2.80. The highest BCUT2D eigenvalue weighted by Gasteiger charge is 2.14. The zero-order valence-corrected chi connectivity index (χ0v) is 13.3. The Balaban J connectivity index is 2.24. The lowest BCUT2D eigenvalue weighted by Crippen LogP contribution is -2.14. The number of hydrogen-bond donors (Lipinski definition) is 2. The van der Waals surface area contributed by atoms with Crippen molar-refractivity contribution in [3.63, 3.8) is 0 Å². The molecule has 21 heavy (non-hydrogen) atoms. The first-order valence-corrected chi connectivity index (χ1v) is 7.08. The zero-order chi connectivity index (χ0) is 15.6. The molecule has 2 rings (SSSR count). The molecular formula is C13H7BrCl2N2O3. The first kappa shape index (κ1) is 15.8. The van der Waals surface area contributed by atoms with Crippen LogP contribution >= 0.6 is 39.1 Å². The number of amides is 1. The van der Waals surface area contributed by atoms with E-state index in [1.807, 2.05) is 0 Å². The van der Waals surface area contributed by atoms with Gasteiger partial charge in [0.25, 0.3) is 5.91 Å². The summed E-state index contributed by atoms with van der Waals surface area (Å²) in [7, 11) is 0. The van der Waals surface area contributed by atoms with Crippen LogP contribution in [-0.4, -0.2) is 22.0 Å². The number of rotatable bonds is 3. The first-order chi connectivity index (χ1) is 9.88. The number of carboxylic acids is 1. The van der Waals surface area contributed by atoms with Gasteiger partial charge in [-0.05, 0) is 24.3 Å². The van der Waals surface area contributed by atoms with Crippen molar-refractivity contribution in [1.82, 2.24) is 4.98 Å². The molecule has 1 heterocycles. The van der Waals surface area contributed by atoms with Crippen molar-refractivity contribution in [2.24, 2.45) is 0 Å². The van der Waals surface area contributed by atoms with Crippen LogP contribution in [0.3, 0.4) is 0 Å². The Kier molecular flexibility index (Phi) is 4.82. The van der Waals surface area contributed by atoms with Crippen LogP contribution in [0.5, 0.6) is 0 Å². The van der Waals surface area contributed by atoms with Gasteiger partial charge >= 0.3 is 5.97 Å². The summed E-state index contributed by atoms with van der Waals surface area (Å²) in [4.78, 5) is 26.5. The summed E-state index contributed by atoms with van der Waals surface area (Å²) >= 11 is 15.2. The molecule has 5 nitrogen and oxygen atoms in total. The number of hydrogen-bond acceptors (Lipinski definition) is 3. The van der Waals surface area contributed by atoms with Crippen LogP contribution in [0.25, 0.3) is 0 Å². The Labute approximate surface area is 138 Å². The summed E-state index contributed by atoms with van der Waals surface area (Å²) in [5.41, 5.74) is 0.303. The number of pyridine rings is 1. The third kappa shape index (κ3) is 3.72. The highest BCUT2D eigenvalue weighted by Crippen LogP contribution is 2.33. The number of carbonyl (C=O) groups is 2. The number of aromatic carboxylic acids is 1. The van der Waals surface area contributed by atoms with Crippen LogP contribution in [0.15, 0.2) is 34.9 Å². The predicted molar refractivity (Wildman–Crippen MR) is 83.3 cm³/mol. The number of carbonyl (C=O) groups excluding carboxylic acids is 1. The molecule has 108 valence electrons. The molecule has 0 fully saturated rings. The summed E-state index contributed by atoms with van der Waals surface area (Å²) in [6, 6.07) is 5.77. The van der Waals surface area contributed by atoms with E-state index in [4.69, 9.17) is 28.3 Å². The monoisotopic (exact) mass is 388 g/mol. The van der Waals surface area contributed by atoms with Crippen LogP contribution in [0, 0.1) is 0 Å². The van der Waals surface area contributed by atoms with Gasteiger partial charge in [0.1, 0.15) is 5.69 Å². The lowest BCUT2D eigenvalue weighted by Gasteiger charge is -2.09. The lowest BCUT2D eigenvalue weighted by atomic mass is 10.2. The van der Waals surface area contributed by atoms with Crippen LogP contribution in [0.2, 0.25) is 10.0 Å². The Morgan fingerprint density at radius 3 is 2.29 bits per heavy atom. The number of benzene rings is 1. The van der Waals surface area contributed by atoms with Gasteiger partial charge in [-0.1, -0.05) is 39.1 Å². The minimum Gasteiger partial charge on any atom is -0.478 e. The third-order valence-corrected chi connectivity index (χ3v) is 3.54. The van der Waals surface area contributed by atoms with E-state index in [2.05, 4.69) is 26.2 Å². The van der Waals surface area contributed by atoms with Crippen molar-refractivity contribution in [2.75, 3.05) is 5.32 Å². The van der Waals surface area contributed by atoms with Gasteiger partial charge in [-0.2, -0.15) is 0 Å². The van der Waals surface area contributed by atoms with Gasteiger partial charge in [0.15, 0.2) is 0 Å². The van der Waals surface area contributed by atoms with E-state index < -0.39 is 11.9 Å². The molecule has 2 aromatic rings. The lowest BCUT2D eigenvalue weighted by molar-refractivity contribution is 0.0696. The zero-order valence-electron chi connectivity index (χ0n) is 10.2. The van der Waals surface area contributed by atoms with Gasteiger partial charge in [0.2, 0.25) is 0 Å². The fraction of sp³-hybridized carbons (Fsp3) is 0. The van der Waals surface area contributed by atoms with Crippen molar-refractivity contribution >= 4 is 56.7 Å². The van der Waals surface area contributed by atoms with E-state index in [1.165, 1.54) is 12.1 Å². The third-order valence-electron chi connectivity index (χ3n) is 2.49. The minimum absolute atomic E-state index is 0.00810. The number of anilines is 1. The molecule has 0 radical (unpaired) electrons. The van der Waals surface area contributed by atoms with Crippen LogP contribution in [0.1, 0.15) is 20.8 Å². The van der Waals surface area contributed by atoms with Crippen molar-refractivity contribution in [1.29, 1.82) is 0 Å². The Morgan fingerprint density at radius 1 is 1.19 bits per heavy atom. The number of halogens is 3. The summed E-state index contributed by atoms with van der Waals surface area (Å²) in [6.07, 6.45) is 1.10. The van der Waals surface area contributed by atoms with Crippen LogP contribution in [0.4, 0.5) is 5.69 Å². The first-order valence-electron chi connectivity index (χ1n) is 5.53. The Bertz CT molecular complexity index is 697. The largest absolute Gasteiger partial charge is 0.478 e. The molecule has 0 aliphatic rings. The van der Waals surface area contributed by atoms with Gasteiger partial charge in [0, 0.05) is 10.7 Å². The average Bonchev–Trinajstić information content (AvgIpc) is 2.42. The van der Waals surface area contributed by atoms with Gasteiger partial charge in [-0.15, -0.1) is 0 Å². The Hall–Kier alpha value is -1.63. The molecule has 0 bridgehead atoms. The quantitative estimate of drug-likeness (QED) is 0.828. The van der Waals surface area contributed by atoms with Crippen molar-refractivity contribution < 1.29 is 14.7 Å². The van der Waals surface area contributed by atoms with Crippen molar-refractivity contribution in [2.45, 2.75) is 0 Å². The predicted octanol–water partition coefficient (Wildman–Crippen LogP) is 4.10. The highest BCUT2D eigenvalue weighted by molar-refractivity contribution is 9.10. The van der Waals surface area contributed by atoms with Crippen LogP contribution in [-0.2, 0) is 0 Å². The maximum atomic E-state index is 12.0. The summed E-state index contributed by atoms with van der Waals surface area (Å²) in [5, 5.41) is 11.8. The molecule has 0 spiro atoms. The second kappa shape index (κ2) is 6.43. The maximum absolute atomic E-state index is 12.0. The van der Waals surface area contributed by atoms with Crippen molar-refractivity contribution in [3.05, 3.63) is 56.2 Å². The summed E-state index contributed by atoms with van der Waals surface area (Å²) < 4.78 is 0.680. The SMILES string of the molecule is O=C(O)c1ccc(C(=O)Nc2c(Cl)cc(Br)cc2Cl)nc1. The molecule has 0 aliphatic carbocycles. The number of aromatic nitrogens is 1. The number of nitrogens with one attached hydrogen (secondary N) is 1. The molecule has 2 N–H and O–H groups in total. The second-order valence-electron chi connectivity index (χ2n) is 3.94. The molecule has 1 amide bonds. The highest BCUT2D eigenvalue weighted by atomic mass is 79.9. The molecule has 8 heteroatoms. The topological polar surface area (TPSA) is 79.3 Å². The minimum atomic E-state index is -1.12. The molecule has 1 aromatic heterocycles. The number of nitrogens with zero attached hydrogens (tertiary/aromatic N) is 1. The smallest absolute Gasteiger partial charge is 0.337 e. The summed E-state index contributed by atoms with van der Waals surface area (Å²) in [5.74, 6) is -1.66. The Morgan fingerprint density at radius 2 is 1.81 bits per heavy atom. The van der Waals surface area contributed by atoms with E-state index >= 15 is 0 Å². The number of carboxylic acid groups (broad SMARTS) is 1. The maximum Gasteiger partial charge on any atom is 0.337 e. The van der Waals surface area contributed by atoms with E-state index in [1.54, 1.807) is 12.1 Å². The van der Waals surface area contributed by atoms with E-state index in [9.17, 15) is 9.59 Å². The molecule has 0 atom stereocenters. The van der Waals surface area contributed by atoms with Gasteiger partial charge in [-0.3, -0.25) is 9.78 Å².